The minimum atomic E-state index is -4.37. The summed E-state index contributed by atoms with van der Waals surface area (Å²) < 4.78 is 38.0. The standard InChI is InChI=1S/C23H16F3NO/c24-23(25,26)21-14-11-18(12-15-21)13-16-22(20-9-5-2-6-10-20)28-27-17-19-7-3-1-4-8-19/h1-12,14-15,17,22H/b27-17+. The van der Waals surface area contributed by atoms with Crippen LogP contribution in [0.1, 0.15) is 28.4 Å². The first-order valence-electron chi connectivity index (χ1n) is 8.50. The van der Waals surface area contributed by atoms with Crippen LogP contribution in [0.4, 0.5) is 13.2 Å². The lowest BCUT2D eigenvalue weighted by Gasteiger charge is -2.09. The first-order chi connectivity index (χ1) is 13.5. The van der Waals surface area contributed by atoms with Gasteiger partial charge in [0.25, 0.3) is 0 Å². The lowest BCUT2D eigenvalue weighted by molar-refractivity contribution is -0.137. The van der Waals surface area contributed by atoms with Crippen LogP contribution in [0.25, 0.3) is 0 Å². The number of halogens is 3. The highest BCUT2D eigenvalue weighted by Gasteiger charge is 2.29. The summed E-state index contributed by atoms with van der Waals surface area (Å²) in [6, 6.07) is 23.4. The molecule has 2 nitrogen and oxygen atoms in total. The minimum Gasteiger partial charge on any atom is -0.374 e. The fourth-order valence-corrected chi connectivity index (χ4v) is 2.38. The summed E-state index contributed by atoms with van der Waals surface area (Å²) in [6.45, 7) is 0. The van der Waals surface area contributed by atoms with Crippen LogP contribution in [0.15, 0.2) is 90.1 Å². The Bertz CT molecular complexity index is 970. The van der Waals surface area contributed by atoms with Crippen molar-refractivity contribution in [1.82, 2.24) is 0 Å². The molecule has 0 heterocycles. The Hall–Kier alpha value is -3.52. The van der Waals surface area contributed by atoms with Gasteiger partial charge in [-0.15, -0.1) is 0 Å². The second-order valence-corrected chi connectivity index (χ2v) is 5.89. The molecule has 1 unspecified atom stereocenters. The fourth-order valence-electron chi connectivity index (χ4n) is 2.38. The maximum absolute atomic E-state index is 12.7. The number of nitrogens with zero attached hydrogens (tertiary/aromatic N) is 1. The summed E-state index contributed by atoms with van der Waals surface area (Å²) in [5.41, 5.74) is 1.43. The van der Waals surface area contributed by atoms with E-state index in [1.807, 2.05) is 60.7 Å². The average molecular weight is 379 g/mol. The average Bonchev–Trinajstić information content (AvgIpc) is 2.71. The van der Waals surface area contributed by atoms with Gasteiger partial charge in [-0.1, -0.05) is 71.7 Å². The number of benzene rings is 3. The Morgan fingerprint density at radius 3 is 2.04 bits per heavy atom. The molecule has 0 aliphatic heterocycles. The van der Waals surface area contributed by atoms with Crippen molar-refractivity contribution >= 4 is 6.21 Å². The molecule has 3 rings (SSSR count). The van der Waals surface area contributed by atoms with Gasteiger partial charge in [-0.05, 0) is 35.7 Å². The predicted molar refractivity (Wildman–Crippen MR) is 103 cm³/mol. The number of oxime groups is 1. The Morgan fingerprint density at radius 2 is 1.43 bits per heavy atom. The van der Waals surface area contributed by atoms with Gasteiger partial charge >= 0.3 is 6.18 Å². The molecule has 0 bridgehead atoms. The van der Waals surface area contributed by atoms with Gasteiger partial charge in [-0.25, -0.2) is 0 Å². The maximum atomic E-state index is 12.7. The molecule has 5 heteroatoms. The summed E-state index contributed by atoms with van der Waals surface area (Å²) in [6.07, 6.45) is -3.44. The van der Waals surface area contributed by atoms with Crippen LogP contribution in [-0.4, -0.2) is 6.21 Å². The molecule has 0 N–H and O–H groups in total. The lowest BCUT2D eigenvalue weighted by atomic mass is 10.1. The number of hydrogen-bond donors (Lipinski definition) is 0. The molecule has 28 heavy (non-hydrogen) atoms. The zero-order valence-corrected chi connectivity index (χ0v) is 14.7. The second kappa shape index (κ2) is 8.92. The van der Waals surface area contributed by atoms with Crippen molar-refractivity contribution in [1.29, 1.82) is 0 Å². The van der Waals surface area contributed by atoms with Crippen molar-refractivity contribution in [3.05, 3.63) is 107 Å². The van der Waals surface area contributed by atoms with E-state index in [1.54, 1.807) is 6.21 Å². The highest BCUT2D eigenvalue weighted by atomic mass is 19.4. The molecule has 0 spiro atoms. The van der Waals surface area contributed by atoms with Crippen LogP contribution < -0.4 is 0 Å². The molecular weight excluding hydrogens is 363 g/mol. The second-order valence-electron chi connectivity index (χ2n) is 5.89. The van der Waals surface area contributed by atoms with E-state index < -0.39 is 17.8 Å². The number of alkyl halides is 3. The topological polar surface area (TPSA) is 21.6 Å². The quantitative estimate of drug-likeness (QED) is 0.317. The van der Waals surface area contributed by atoms with E-state index in [4.69, 9.17) is 4.84 Å². The first kappa shape index (κ1) is 19.2. The number of hydrogen-bond acceptors (Lipinski definition) is 2. The van der Waals surface area contributed by atoms with Crippen LogP contribution in [0.3, 0.4) is 0 Å². The Balaban J connectivity index is 1.79. The third-order valence-corrected chi connectivity index (χ3v) is 3.83. The van der Waals surface area contributed by atoms with Crippen molar-refractivity contribution in [2.24, 2.45) is 5.16 Å². The molecule has 0 saturated carbocycles. The van der Waals surface area contributed by atoms with Crippen molar-refractivity contribution in [3.8, 4) is 11.8 Å². The zero-order chi connectivity index (χ0) is 19.8. The smallest absolute Gasteiger partial charge is 0.374 e. The Labute approximate surface area is 161 Å². The van der Waals surface area contributed by atoms with Gasteiger partial charge in [-0.3, -0.25) is 0 Å². The summed E-state index contributed by atoms with van der Waals surface area (Å²) in [5, 5.41) is 4.00. The predicted octanol–water partition coefficient (Wildman–Crippen LogP) is 5.85. The van der Waals surface area contributed by atoms with E-state index in [-0.39, 0.29) is 0 Å². The van der Waals surface area contributed by atoms with Gasteiger partial charge in [-0.2, -0.15) is 13.2 Å². The molecule has 0 aliphatic carbocycles. The molecular formula is C23H16F3NO. The Kier molecular flexibility index (Phi) is 6.13. The van der Waals surface area contributed by atoms with Crippen molar-refractivity contribution in [2.75, 3.05) is 0 Å². The zero-order valence-electron chi connectivity index (χ0n) is 14.7. The van der Waals surface area contributed by atoms with Gasteiger partial charge in [0.05, 0.1) is 11.8 Å². The molecule has 140 valence electrons. The van der Waals surface area contributed by atoms with Crippen LogP contribution in [-0.2, 0) is 11.0 Å². The lowest BCUT2D eigenvalue weighted by Crippen LogP contribution is -2.04. The van der Waals surface area contributed by atoms with E-state index >= 15 is 0 Å². The fraction of sp³-hybridized carbons (Fsp3) is 0.0870. The van der Waals surface area contributed by atoms with Gasteiger partial charge in [0.1, 0.15) is 0 Å². The summed E-state index contributed by atoms with van der Waals surface area (Å²) in [4.78, 5) is 5.55. The van der Waals surface area contributed by atoms with E-state index in [0.29, 0.717) is 5.56 Å². The molecule has 0 amide bonds. The third kappa shape index (κ3) is 5.49. The minimum absolute atomic E-state index is 0.463. The summed E-state index contributed by atoms with van der Waals surface area (Å²) >= 11 is 0. The molecule has 0 radical (unpaired) electrons. The Morgan fingerprint density at radius 1 is 0.821 bits per heavy atom. The molecule has 0 saturated heterocycles. The third-order valence-electron chi connectivity index (χ3n) is 3.83. The van der Waals surface area contributed by atoms with Gasteiger partial charge in [0.2, 0.25) is 6.10 Å². The first-order valence-corrected chi connectivity index (χ1v) is 8.50. The molecule has 0 fully saturated rings. The van der Waals surface area contributed by atoms with E-state index in [0.717, 1.165) is 23.3 Å². The molecule has 0 aromatic heterocycles. The monoisotopic (exact) mass is 379 g/mol. The van der Waals surface area contributed by atoms with Gasteiger partial charge in [0.15, 0.2) is 0 Å². The van der Waals surface area contributed by atoms with Crippen LogP contribution in [0.2, 0.25) is 0 Å². The molecule has 1 atom stereocenters. The van der Waals surface area contributed by atoms with Crippen LogP contribution in [0.5, 0.6) is 0 Å². The summed E-state index contributed by atoms with van der Waals surface area (Å²) in [7, 11) is 0. The van der Waals surface area contributed by atoms with Crippen LogP contribution in [0, 0.1) is 11.8 Å². The number of rotatable bonds is 4. The highest BCUT2D eigenvalue weighted by Crippen LogP contribution is 2.29. The molecule has 3 aromatic carbocycles. The highest BCUT2D eigenvalue weighted by molar-refractivity contribution is 5.78. The van der Waals surface area contributed by atoms with Crippen LogP contribution >= 0.6 is 0 Å². The van der Waals surface area contributed by atoms with E-state index in [2.05, 4.69) is 17.0 Å². The van der Waals surface area contributed by atoms with E-state index in [9.17, 15) is 13.2 Å². The molecule has 0 aliphatic rings. The maximum Gasteiger partial charge on any atom is 0.416 e. The van der Waals surface area contributed by atoms with Crippen molar-refractivity contribution < 1.29 is 18.0 Å². The van der Waals surface area contributed by atoms with E-state index in [1.165, 1.54) is 12.1 Å². The SMILES string of the molecule is FC(F)(F)c1ccc(C#CC(O/N=C/c2ccccc2)c2ccccc2)cc1. The molecule has 3 aromatic rings. The van der Waals surface area contributed by atoms with Crippen molar-refractivity contribution in [2.45, 2.75) is 12.3 Å². The van der Waals surface area contributed by atoms with Gasteiger partial charge in [0, 0.05) is 11.1 Å². The largest absolute Gasteiger partial charge is 0.416 e. The summed E-state index contributed by atoms with van der Waals surface area (Å²) in [5.74, 6) is 5.78. The normalized spacial score (nSPS) is 12.2. The van der Waals surface area contributed by atoms with Crippen molar-refractivity contribution in [3.63, 3.8) is 0 Å². The van der Waals surface area contributed by atoms with Gasteiger partial charge < -0.3 is 4.84 Å².